The largest absolute Gasteiger partial charge is 0.480 e. The summed E-state index contributed by atoms with van der Waals surface area (Å²) in [6, 6.07) is -0.842. The van der Waals surface area contributed by atoms with E-state index in [4.69, 9.17) is 0 Å². The maximum Gasteiger partial charge on any atom is 0.326 e. The molecule has 0 bridgehead atoms. The van der Waals surface area contributed by atoms with Crippen LogP contribution in [0, 0.1) is 18.8 Å². The lowest BCUT2D eigenvalue weighted by atomic mass is 10.0. The Balaban J connectivity index is 2.03. The molecule has 0 unspecified atom stereocenters. The van der Waals surface area contributed by atoms with Crippen LogP contribution in [0.3, 0.4) is 0 Å². The van der Waals surface area contributed by atoms with Gasteiger partial charge in [0.15, 0.2) is 0 Å². The zero-order chi connectivity index (χ0) is 15.6. The van der Waals surface area contributed by atoms with Gasteiger partial charge in [-0.25, -0.2) is 9.78 Å². The minimum atomic E-state index is -0.988. The molecule has 1 amide bonds. The molecule has 1 aromatic rings. The summed E-state index contributed by atoms with van der Waals surface area (Å²) < 4.78 is 0. The van der Waals surface area contributed by atoms with E-state index in [2.05, 4.69) is 10.3 Å². The van der Waals surface area contributed by atoms with E-state index in [1.165, 1.54) is 24.2 Å². The van der Waals surface area contributed by atoms with Crippen LogP contribution in [0.4, 0.5) is 0 Å². The lowest BCUT2D eigenvalue weighted by molar-refractivity contribution is -0.139. The average molecular weight is 310 g/mol. The number of aryl methyl sites for hydroxylation is 1. The van der Waals surface area contributed by atoms with Gasteiger partial charge in [-0.15, -0.1) is 11.3 Å². The van der Waals surface area contributed by atoms with E-state index in [1.807, 2.05) is 13.8 Å². The van der Waals surface area contributed by atoms with Crippen molar-refractivity contribution >= 4 is 23.2 Å². The second-order valence-electron chi connectivity index (χ2n) is 6.16. The van der Waals surface area contributed by atoms with Gasteiger partial charge in [0, 0.05) is 6.42 Å². The summed E-state index contributed by atoms with van der Waals surface area (Å²) in [5.74, 6) is -0.379. The predicted octanol–water partition coefficient (Wildman–Crippen LogP) is 2.63. The highest BCUT2D eigenvalue weighted by atomic mass is 32.1. The number of amides is 1. The molecule has 1 aliphatic rings. The van der Waals surface area contributed by atoms with E-state index in [-0.39, 0.29) is 11.8 Å². The number of aromatic nitrogens is 1. The molecular weight excluding hydrogens is 288 g/mol. The highest BCUT2D eigenvalue weighted by Gasteiger charge is 2.26. The van der Waals surface area contributed by atoms with Gasteiger partial charge >= 0.3 is 5.97 Å². The first kappa shape index (κ1) is 15.9. The highest BCUT2D eigenvalue weighted by molar-refractivity contribution is 7.13. The Morgan fingerprint density at radius 1 is 1.43 bits per heavy atom. The number of thiazole rings is 1. The monoisotopic (exact) mass is 310 g/mol. The fourth-order valence-electron chi connectivity index (χ4n) is 2.24. The normalized spacial score (nSPS) is 16.0. The molecule has 1 heterocycles. The van der Waals surface area contributed by atoms with E-state index in [9.17, 15) is 14.7 Å². The van der Waals surface area contributed by atoms with Crippen LogP contribution in [-0.4, -0.2) is 28.0 Å². The molecule has 1 aromatic heterocycles. The van der Waals surface area contributed by atoms with Gasteiger partial charge < -0.3 is 10.4 Å². The van der Waals surface area contributed by atoms with Crippen LogP contribution in [0.15, 0.2) is 0 Å². The van der Waals surface area contributed by atoms with Crippen molar-refractivity contribution in [2.75, 3.05) is 0 Å². The van der Waals surface area contributed by atoms with E-state index < -0.39 is 12.0 Å². The summed E-state index contributed by atoms with van der Waals surface area (Å²) in [5, 5.41) is 12.8. The maximum absolute atomic E-state index is 12.3. The number of carbonyl (C=O) groups is 2. The number of rotatable bonds is 7. The maximum atomic E-state index is 12.3. The number of hydrogen-bond acceptors (Lipinski definition) is 4. The average Bonchev–Trinajstić information content (AvgIpc) is 3.10. The van der Waals surface area contributed by atoms with Crippen molar-refractivity contribution in [1.82, 2.24) is 10.3 Å². The molecule has 6 heteroatoms. The zero-order valence-electron chi connectivity index (χ0n) is 12.7. The highest BCUT2D eigenvalue weighted by Crippen LogP contribution is 2.34. The smallest absolute Gasteiger partial charge is 0.326 e. The third-order valence-corrected chi connectivity index (χ3v) is 4.70. The summed E-state index contributed by atoms with van der Waals surface area (Å²) >= 11 is 1.39. The molecule has 2 rings (SSSR count). The van der Waals surface area contributed by atoms with Crippen molar-refractivity contribution < 1.29 is 14.7 Å². The van der Waals surface area contributed by atoms with Crippen molar-refractivity contribution in [2.24, 2.45) is 11.8 Å². The number of carbonyl (C=O) groups excluding carboxylic acids is 1. The minimum absolute atomic E-state index is 0.208. The van der Waals surface area contributed by atoms with Crippen molar-refractivity contribution in [3.05, 3.63) is 15.6 Å². The Labute approximate surface area is 128 Å². The molecule has 0 aliphatic heterocycles. The molecule has 0 spiro atoms. The topological polar surface area (TPSA) is 79.3 Å². The van der Waals surface area contributed by atoms with Crippen LogP contribution in [0.5, 0.6) is 0 Å². The molecule has 0 aromatic carbocycles. The third kappa shape index (κ3) is 4.52. The lowest BCUT2D eigenvalue weighted by Crippen LogP contribution is -2.41. The van der Waals surface area contributed by atoms with Gasteiger partial charge in [0.05, 0.1) is 10.7 Å². The zero-order valence-corrected chi connectivity index (χ0v) is 13.5. The number of nitrogens with one attached hydrogen (secondary N) is 1. The first-order valence-electron chi connectivity index (χ1n) is 7.36. The van der Waals surface area contributed by atoms with Crippen molar-refractivity contribution in [3.8, 4) is 0 Å². The van der Waals surface area contributed by atoms with Crippen molar-refractivity contribution in [2.45, 2.75) is 52.5 Å². The second-order valence-corrected chi connectivity index (χ2v) is 7.25. The van der Waals surface area contributed by atoms with Crippen molar-refractivity contribution in [1.29, 1.82) is 0 Å². The molecule has 1 saturated carbocycles. The summed E-state index contributed by atoms with van der Waals surface area (Å²) in [5.41, 5.74) is 0.696. The van der Waals surface area contributed by atoms with E-state index in [0.717, 1.165) is 17.3 Å². The Bertz CT molecular complexity index is 535. The van der Waals surface area contributed by atoms with Crippen LogP contribution < -0.4 is 5.32 Å². The Morgan fingerprint density at radius 3 is 2.62 bits per heavy atom. The van der Waals surface area contributed by atoms with Gasteiger partial charge in [0.2, 0.25) is 0 Å². The number of aliphatic carboxylic acids is 1. The van der Waals surface area contributed by atoms with E-state index in [1.54, 1.807) is 6.92 Å². The van der Waals surface area contributed by atoms with Crippen LogP contribution in [0.1, 0.15) is 53.5 Å². The van der Waals surface area contributed by atoms with Gasteiger partial charge in [-0.2, -0.15) is 0 Å². The second kappa shape index (κ2) is 6.56. The van der Waals surface area contributed by atoms with Crippen LogP contribution in [0.25, 0.3) is 0 Å². The van der Waals surface area contributed by atoms with Gasteiger partial charge in [-0.05, 0) is 38.0 Å². The molecule has 0 radical (unpaired) electrons. The molecule has 1 aliphatic carbocycles. The first-order valence-corrected chi connectivity index (χ1v) is 8.18. The Hall–Kier alpha value is -1.43. The fourth-order valence-corrected chi connectivity index (χ4v) is 3.32. The van der Waals surface area contributed by atoms with Gasteiger partial charge in [0.25, 0.3) is 5.91 Å². The van der Waals surface area contributed by atoms with E-state index in [0.29, 0.717) is 17.0 Å². The third-order valence-electron chi connectivity index (χ3n) is 3.52. The van der Waals surface area contributed by atoms with Gasteiger partial charge in [-0.3, -0.25) is 4.79 Å². The SMILES string of the molecule is Cc1nc(CC2CC2)sc1C(=O)N[C@@H](CC(C)C)C(=O)O. The fraction of sp³-hybridized carbons (Fsp3) is 0.667. The number of carboxylic acids is 1. The Morgan fingerprint density at radius 2 is 2.10 bits per heavy atom. The standard InChI is InChI=1S/C15H22N2O3S/c1-8(2)6-11(15(19)20)17-14(18)13-9(3)16-12(21-13)7-10-4-5-10/h8,10-11H,4-7H2,1-3H3,(H,17,18)(H,19,20)/t11-/m0/s1. The van der Waals surface area contributed by atoms with Crippen molar-refractivity contribution in [3.63, 3.8) is 0 Å². The molecule has 2 N–H and O–H groups in total. The minimum Gasteiger partial charge on any atom is -0.480 e. The summed E-state index contributed by atoms with van der Waals surface area (Å²) in [6.45, 7) is 5.68. The molecule has 21 heavy (non-hydrogen) atoms. The van der Waals surface area contributed by atoms with Crippen LogP contribution in [0.2, 0.25) is 0 Å². The summed E-state index contributed by atoms with van der Waals surface area (Å²) in [7, 11) is 0. The number of carboxylic acid groups (broad SMARTS) is 1. The summed E-state index contributed by atoms with van der Waals surface area (Å²) in [6.07, 6.45) is 3.85. The number of nitrogens with zero attached hydrogens (tertiary/aromatic N) is 1. The number of hydrogen-bond donors (Lipinski definition) is 2. The molecule has 5 nitrogen and oxygen atoms in total. The quantitative estimate of drug-likeness (QED) is 0.811. The van der Waals surface area contributed by atoms with Gasteiger partial charge in [-0.1, -0.05) is 13.8 Å². The molecule has 0 saturated heterocycles. The molecule has 1 atom stereocenters. The van der Waals surface area contributed by atoms with Crippen LogP contribution >= 0.6 is 11.3 Å². The molecular formula is C15H22N2O3S. The van der Waals surface area contributed by atoms with E-state index >= 15 is 0 Å². The Kier molecular flexibility index (Phi) is 4.98. The first-order chi connectivity index (χ1) is 9.86. The van der Waals surface area contributed by atoms with Gasteiger partial charge in [0.1, 0.15) is 10.9 Å². The lowest BCUT2D eigenvalue weighted by Gasteiger charge is -2.15. The summed E-state index contributed by atoms with van der Waals surface area (Å²) in [4.78, 5) is 28.5. The predicted molar refractivity (Wildman–Crippen MR) is 81.6 cm³/mol. The molecule has 116 valence electrons. The van der Waals surface area contributed by atoms with Crippen LogP contribution in [-0.2, 0) is 11.2 Å². The molecule has 1 fully saturated rings.